The summed E-state index contributed by atoms with van der Waals surface area (Å²) in [7, 11) is 0. The molecule has 1 aromatic heterocycles. The molecule has 1 atom stereocenters. The summed E-state index contributed by atoms with van der Waals surface area (Å²) in [5, 5.41) is 12.3. The number of hydrogen-bond donors (Lipinski definition) is 1. The minimum Gasteiger partial charge on any atom is -0.376 e. The minimum atomic E-state index is 0.00433. The molecule has 3 heterocycles. The second kappa shape index (κ2) is 10.1. The minimum absolute atomic E-state index is 0.00433. The first-order valence-electron chi connectivity index (χ1n) is 10.5. The molecule has 0 spiro atoms. The third-order valence-electron chi connectivity index (χ3n) is 5.43. The number of piperidine rings is 1. The Morgan fingerprint density at radius 3 is 2.59 bits per heavy atom. The molecule has 2 aliphatic heterocycles. The van der Waals surface area contributed by atoms with Gasteiger partial charge in [-0.1, -0.05) is 23.9 Å². The number of hydrogen-bond acceptors (Lipinski definition) is 6. The van der Waals surface area contributed by atoms with Crippen LogP contribution in [0.3, 0.4) is 0 Å². The second-order valence-electron chi connectivity index (χ2n) is 7.58. The molecule has 1 N–H and O–H groups in total. The lowest BCUT2D eigenvalue weighted by Gasteiger charge is -2.28. The van der Waals surface area contributed by atoms with E-state index in [2.05, 4.69) is 44.7 Å². The molecule has 0 aliphatic carbocycles. The zero-order chi connectivity index (χ0) is 19.9. The molecule has 2 fully saturated rings. The van der Waals surface area contributed by atoms with Gasteiger partial charge in [-0.25, -0.2) is 0 Å². The van der Waals surface area contributed by atoms with Crippen LogP contribution in [0.5, 0.6) is 0 Å². The summed E-state index contributed by atoms with van der Waals surface area (Å²) in [4.78, 5) is 14.4. The summed E-state index contributed by atoms with van der Waals surface area (Å²) in [5.74, 6) is 0.343. The maximum absolute atomic E-state index is 12.0. The highest BCUT2D eigenvalue weighted by molar-refractivity contribution is 7.99. The number of anilines is 1. The predicted octanol–water partition coefficient (Wildman–Crippen LogP) is 3.52. The number of rotatable bonds is 7. The first kappa shape index (κ1) is 20.2. The fraction of sp³-hybridized carbons (Fsp3) is 0.500. The first-order chi connectivity index (χ1) is 14.3. The Morgan fingerprint density at radius 1 is 1.07 bits per heavy atom. The van der Waals surface area contributed by atoms with E-state index in [1.54, 1.807) is 0 Å². The Morgan fingerprint density at radius 2 is 1.90 bits per heavy atom. The van der Waals surface area contributed by atoms with Crippen LogP contribution in [0, 0.1) is 0 Å². The Hall–Kier alpha value is -2.12. The average molecular weight is 413 g/mol. The van der Waals surface area contributed by atoms with Crippen molar-refractivity contribution in [3.63, 3.8) is 0 Å². The molecule has 1 aromatic carbocycles. The molecule has 2 saturated heterocycles. The number of thioether (sulfide) groups is 1. The van der Waals surface area contributed by atoms with E-state index < -0.39 is 0 Å². The molecule has 6 nitrogen and oxygen atoms in total. The maximum atomic E-state index is 12.0. The van der Waals surface area contributed by atoms with Gasteiger partial charge in [-0.15, -0.1) is 10.2 Å². The maximum Gasteiger partial charge on any atom is 0.230 e. The number of aromatic nitrogens is 2. The van der Waals surface area contributed by atoms with Gasteiger partial charge in [0.1, 0.15) is 5.03 Å². The summed E-state index contributed by atoms with van der Waals surface area (Å²) in [6.07, 6.45) is 6.17. The summed E-state index contributed by atoms with van der Waals surface area (Å²) in [5.41, 5.74) is 3.19. The van der Waals surface area contributed by atoms with Crippen molar-refractivity contribution in [3.8, 4) is 11.3 Å². The topological polar surface area (TPSA) is 67.4 Å². The van der Waals surface area contributed by atoms with Crippen LogP contribution in [0.15, 0.2) is 41.4 Å². The zero-order valence-corrected chi connectivity index (χ0v) is 17.5. The Bertz CT molecular complexity index is 785. The molecule has 2 aromatic rings. The molecule has 0 radical (unpaired) electrons. The average Bonchev–Trinajstić information content (AvgIpc) is 3.31. The van der Waals surface area contributed by atoms with Gasteiger partial charge in [0.2, 0.25) is 5.91 Å². The molecule has 1 amide bonds. The van der Waals surface area contributed by atoms with Gasteiger partial charge in [0, 0.05) is 37.5 Å². The van der Waals surface area contributed by atoms with Gasteiger partial charge in [0.05, 0.1) is 17.6 Å². The molecule has 4 rings (SSSR count). The normalized spacial score (nSPS) is 19.3. The fourth-order valence-electron chi connectivity index (χ4n) is 3.77. The van der Waals surface area contributed by atoms with E-state index >= 15 is 0 Å². The lowest BCUT2D eigenvalue weighted by molar-refractivity contribution is -0.119. The van der Waals surface area contributed by atoms with E-state index in [0.29, 0.717) is 12.3 Å². The molecule has 7 heteroatoms. The number of carbonyl (C=O) groups is 1. The van der Waals surface area contributed by atoms with Crippen molar-refractivity contribution < 1.29 is 9.53 Å². The van der Waals surface area contributed by atoms with E-state index in [-0.39, 0.29) is 12.0 Å². The molecule has 154 valence electrons. The van der Waals surface area contributed by atoms with Gasteiger partial charge >= 0.3 is 0 Å². The van der Waals surface area contributed by atoms with E-state index in [1.807, 2.05) is 12.1 Å². The molecule has 0 bridgehead atoms. The van der Waals surface area contributed by atoms with Gasteiger partial charge in [-0.3, -0.25) is 4.79 Å². The number of ether oxygens (including phenoxy) is 1. The quantitative estimate of drug-likeness (QED) is 0.702. The monoisotopic (exact) mass is 412 g/mol. The number of nitrogens with one attached hydrogen (secondary N) is 1. The van der Waals surface area contributed by atoms with E-state index in [0.717, 1.165) is 48.8 Å². The highest BCUT2D eigenvalue weighted by Gasteiger charge is 2.16. The fourth-order valence-corrected chi connectivity index (χ4v) is 4.41. The van der Waals surface area contributed by atoms with Gasteiger partial charge in [-0.2, -0.15) is 0 Å². The van der Waals surface area contributed by atoms with Gasteiger partial charge in [-0.05, 0) is 56.4 Å². The number of benzene rings is 1. The highest BCUT2D eigenvalue weighted by Crippen LogP contribution is 2.25. The van der Waals surface area contributed by atoms with Crippen LogP contribution in [0.25, 0.3) is 11.3 Å². The Kier molecular flexibility index (Phi) is 7.00. The number of carbonyl (C=O) groups excluding carboxylic acids is 1. The molecular formula is C22H28N4O2S. The Labute approximate surface area is 176 Å². The number of nitrogens with zero attached hydrogens (tertiary/aromatic N) is 3. The van der Waals surface area contributed by atoms with Gasteiger partial charge in [0.25, 0.3) is 0 Å². The summed E-state index contributed by atoms with van der Waals surface area (Å²) in [6, 6.07) is 12.5. The predicted molar refractivity (Wildman–Crippen MR) is 116 cm³/mol. The third kappa shape index (κ3) is 5.70. The van der Waals surface area contributed by atoms with Crippen molar-refractivity contribution in [3.05, 3.63) is 36.4 Å². The van der Waals surface area contributed by atoms with Crippen LogP contribution in [0.1, 0.15) is 32.1 Å². The summed E-state index contributed by atoms with van der Waals surface area (Å²) in [6.45, 7) is 3.69. The van der Waals surface area contributed by atoms with Gasteiger partial charge < -0.3 is 15.0 Å². The van der Waals surface area contributed by atoms with E-state index in [1.165, 1.54) is 36.7 Å². The smallest absolute Gasteiger partial charge is 0.230 e. The standard InChI is InChI=1S/C22H28N4O2S/c27-21(23-15-19-5-4-14-28-19)16-29-22-11-10-20(24-25-22)17-6-8-18(9-7-17)26-12-2-1-3-13-26/h6-11,19H,1-5,12-16H2,(H,23,27). The lowest BCUT2D eigenvalue weighted by Crippen LogP contribution is -2.32. The SMILES string of the molecule is O=C(CSc1ccc(-c2ccc(N3CCCCC3)cc2)nn1)NCC1CCCO1. The first-order valence-corrected chi connectivity index (χ1v) is 11.5. The lowest BCUT2D eigenvalue weighted by atomic mass is 10.1. The van der Waals surface area contributed by atoms with Crippen LogP contribution >= 0.6 is 11.8 Å². The van der Waals surface area contributed by atoms with Crippen LogP contribution in [-0.2, 0) is 9.53 Å². The van der Waals surface area contributed by atoms with Crippen molar-refractivity contribution in [2.75, 3.05) is 36.9 Å². The van der Waals surface area contributed by atoms with E-state index in [9.17, 15) is 4.79 Å². The molecular weight excluding hydrogens is 384 g/mol. The van der Waals surface area contributed by atoms with Crippen molar-refractivity contribution in [2.45, 2.75) is 43.2 Å². The van der Waals surface area contributed by atoms with Crippen molar-refractivity contribution in [1.29, 1.82) is 0 Å². The Balaban J connectivity index is 1.26. The van der Waals surface area contributed by atoms with E-state index in [4.69, 9.17) is 4.74 Å². The zero-order valence-electron chi connectivity index (χ0n) is 16.7. The molecule has 2 aliphatic rings. The molecule has 0 saturated carbocycles. The summed E-state index contributed by atoms with van der Waals surface area (Å²) < 4.78 is 5.52. The largest absolute Gasteiger partial charge is 0.376 e. The van der Waals surface area contributed by atoms with Crippen molar-refractivity contribution in [2.24, 2.45) is 0 Å². The second-order valence-corrected chi connectivity index (χ2v) is 8.57. The van der Waals surface area contributed by atoms with Crippen molar-refractivity contribution >= 4 is 23.4 Å². The molecule has 1 unspecified atom stereocenters. The summed E-state index contributed by atoms with van der Waals surface area (Å²) >= 11 is 1.40. The third-order valence-corrected chi connectivity index (χ3v) is 6.35. The van der Waals surface area contributed by atoms with Crippen LogP contribution in [0.4, 0.5) is 5.69 Å². The van der Waals surface area contributed by atoms with Crippen LogP contribution in [-0.4, -0.2) is 54.2 Å². The van der Waals surface area contributed by atoms with Crippen LogP contribution < -0.4 is 10.2 Å². The van der Waals surface area contributed by atoms with Crippen LogP contribution in [0.2, 0.25) is 0 Å². The number of amides is 1. The highest BCUT2D eigenvalue weighted by atomic mass is 32.2. The van der Waals surface area contributed by atoms with Gasteiger partial charge in [0.15, 0.2) is 0 Å². The van der Waals surface area contributed by atoms with Crippen molar-refractivity contribution in [1.82, 2.24) is 15.5 Å². The molecule has 29 heavy (non-hydrogen) atoms.